The zero-order valence-corrected chi connectivity index (χ0v) is 17.8. The van der Waals surface area contributed by atoms with Gasteiger partial charge in [0.25, 0.3) is 0 Å². The molecule has 0 radical (unpaired) electrons. The molecular formula is C26H27NOS. The summed E-state index contributed by atoms with van der Waals surface area (Å²) < 4.78 is 6.57. The van der Waals surface area contributed by atoms with Crippen molar-refractivity contribution in [1.29, 1.82) is 0 Å². The van der Waals surface area contributed by atoms with E-state index >= 15 is 0 Å². The number of piperidine rings is 1. The minimum atomic E-state index is 0.236. The Balaban J connectivity index is 1.66. The Morgan fingerprint density at radius 2 is 1.72 bits per heavy atom. The molecule has 29 heavy (non-hydrogen) atoms. The number of thiophene rings is 1. The number of likely N-dealkylation sites (tertiary alicyclic amines) is 1. The molecule has 0 amide bonds. The highest BCUT2D eigenvalue weighted by Crippen LogP contribution is 2.46. The lowest BCUT2D eigenvalue weighted by molar-refractivity contribution is 0.242. The van der Waals surface area contributed by atoms with E-state index in [4.69, 9.17) is 4.74 Å². The summed E-state index contributed by atoms with van der Waals surface area (Å²) in [5.41, 5.74) is 5.34. The monoisotopic (exact) mass is 401 g/mol. The number of nitrogens with zero attached hydrogens (tertiary/aromatic N) is 1. The van der Waals surface area contributed by atoms with Gasteiger partial charge in [-0.3, -0.25) is 4.90 Å². The van der Waals surface area contributed by atoms with E-state index in [2.05, 4.69) is 77.9 Å². The van der Waals surface area contributed by atoms with Gasteiger partial charge in [0.1, 0.15) is 11.5 Å². The average molecular weight is 402 g/mol. The molecule has 5 rings (SSSR count). The van der Waals surface area contributed by atoms with Crippen LogP contribution in [0.15, 0.2) is 71.6 Å². The van der Waals surface area contributed by atoms with E-state index in [-0.39, 0.29) is 5.92 Å². The quantitative estimate of drug-likeness (QED) is 0.496. The molecule has 1 aromatic heterocycles. The van der Waals surface area contributed by atoms with E-state index in [1.54, 1.807) is 11.3 Å². The molecule has 148 valence electrons. The summed E-state index contributed by atoms with van der Waals surface area (Å²) in [6.07, 6.45) is 3.95. The van der Waals surface area contributed by atoms with Crippen molar-refractivity contribution in [1.82, 2.24) is 4.90 Å². The summed E-state index contributed by atoms with van der Waals surface area (Å²) in [7, 11) is 0. The van der Waals surface area contributed by atoms with Gasteiger partial charge in [-0.2, -0.15) is 0 Å². The van der Waals surface area contributed by atoms with E-state index < -0.39 is 0 Å². The van der Waals surface area contributed by atoms with Crippen LogP contribution in [0.1, 0.15) is 46.7 Å². The highest BCUT2D eigenvalue weighted by molar-refractivity contribution is 7.11. The first-order valence-corrected chi connectivity index (χ1v) is 11.5. The fraction of sp³-hybridized carbons (Fsp3) is 0.308. The zero-order chi connectivity index (χ0) is 19.6. The van der Waals surface area contributed by atoms with Gasteiger partial charge in [-0.1, -0.05) is 60.5 Å². The lowest BCUT2D eigenvalue weighted by Crippen LogP contribution is -2.34. The van der Waals surface area contributed by atoms with Crippen molar-refractivity contribution >= 4 is 17.1 Å². The van der Waals surface area contributed by atoms with Gasteiger partial charge < -0.3 is 4.74 Å². The highest BCUT2D eigenvalue weighted by atomic mass is 32.1. The summed E-state index contributed by atoms with van der Waals surface area (Å²) in [6.45, 7) is 5.50. The lowest BCUT2D eigenvalue weighted by Gasteiger charge is -2.35. The number of ether oxygens (including phenoxy) is 1. The molecule has 3 aromatic rings. The maximum Gasteiger partial charge on any atom is 0.146 e. The first kappa shape index (κ1) is 18.7. The maximum atomic E-state index is 6.57. The van der Waals surface area contributed by atoms with Crippen LogP contribution in [0, 0.1) is 6.92 Å². The lowest BCUT2D eigenvalue weighted by atomic mass is 9.81. The molecule has 0 spiro atoms. The Morgan fingerprint density at radius 3 is 2.48 bits per heavy atom. The maximum absolute atomic E-state index is 6.57. The van der Waals surface area contributed by atoms with Crippen LogP contribution < -0.4 is 4.74 Å². The van der Waals surface area contributed by atoms with Crippen LogP contribution in [0.3, 0.4) is 0 Å². The van der Waals surface area contributed by atoms with Crippen LogP contribution in [-0.4, -0.2) is 24.5 Å². The third kappa shape index (κ3) is 3.77. The number of hydrogen-bond donors (Lipinski definition) is 0. The summed E-state index contributed by atoms with van der Waals surface area (Å²) in [4.78, 5) is 3.84. The Bertz CT molecular complexity index is 997. The minimum Gasteiger partial charge on any atom is -0.456 e. The van der Waals surface area contributed by atoms with Gasteiger partial charge in [0.05, 0.1) is 4.88 Å². The van der Waals surface area contributed by atoms with Gasteiger partial charge in [-0.25, -0.2) is 0 Å². The molecule has 2 aliphatic heterocycles. The largest absolute Gasteiger partial charge is 0.456 e. The summed E-state index contributed by atoms with van der Waals surface area (Å²) >= 11 is 1.77. The third-order valence-electron chi connectivity index (χ3n) is 6.08. The average Bonchev–Trinajstić information content (AvgIpc) is 3.30. The van der Waals surface area contributed by atoms with Crippen LogP contribution in [-0.2, 0) is 0 Å². The second-order valence-corrected chi connectivity index (χ2v) is 9.10. The highest BCUT2D eigenvalue weighted by Gasteiger charge is 2.33. The molecule has 1 atom stereocenters. The van der Waals surface area contributed by atoms with Crippen LogP contribution in [0.25, 0.3) is 5.76 Å². The Labute approximate surface area is 177 Å². The Morgan fingerprint density at radius 1 is 0.931 bits per heavy atom. The van der Waals surface area contributed by atoms with Crippen LogP contribution >= 0.6 is 11.3 Å². The van der Waals surface area contributed by atoms with Crippen molar-refractivity contribution in [2.75, 3.05) is 19.6 Å². The Kier molecular flexibility index (Phi) is 5.26. The van der Waals surface area contributed by atoms with Crippen molar-refractivity contribution in [2.24, 2.45) is 0 Å². The van der Waals surface area contributed by atoms with Crippen molar-refractivity contribution in [3.05, 3.63) is 93.2 Å². The summed E-state index contributed by atoms with van der Waals surface area (Å²) in [5, 5.41) is 2.14. The number of benzene rings is 2. The predicted molar refractivity (Wildman–Crippen MR) is 122 cm³/mol. The normalized spacial score (nSPS) is 19.7. The van der Waals surface area contributed by atoms with E-state index in [0.29, 0.717) is 0 Å². The number of fused-ring (bicyclic) bond motifs is 1. The van der Waals surface area contributed by atoms with E-state index in [1.807, 2.05) is 0 Å². The zero-order valence-electron chi connectivity index (χ0n) is 16.9. The van der Waals surface area contributed by atoms with Crippen molar-refractivity contribution in [2.45, 2.75) is 32.1 Å². The molecule has 0 saturated carbocycles. The summed E-state index contributed by atoms with van der Waals surface area (Å²) in [6, 6.07) is 21.9. The van der Waals surface area contributed by atoms with Gasteiger partial charge in [-0.05, 0) is 55.9 Å². The SMILES string of the molecule is Cc1ccc([C@@H]2C(CN3CCCCC3)=C(c3cccs3)Oc3ccccc32)cc1. The number of hydrogen-bond acceptors (Lipinski definition) is 3. The minimum absolute atomic E-state index is 0.236. The second-order valence-electron chi connectivity index (χ2n) is 8.15. The smallest absolute Gasteiger partial charge is 0.146 e. The number of aryl methyl sites for hydroxylation is 1. The Hall–Kier alpha value is -2.36. The molecule has 0 N–H and O–H groups in total. The standard InChI is InChI=1S/C26H27NOS/c1-19-11-13-20(14-12-19)25-21-8-3-4-9-23(21)28-26(24-10-7-17-29-24)22(25)18-27-15-5-2-6-16-27/h3-4,7-14,17,25H,2,5-6,15-16,18H2,1H3/t25-/m0/s1. The molecule has 3 heterocycles. The van der Waals surface area contributed by atoms with Gasteiger partial charge >= 0.3 is 0 Å². The number of rotatable bonds is 4. The van der Waals surface area contributed by atoms with Gasteiger partial charge in [-0.15, -0.1) is 11.3 Å². The molecule has 2 aliphatic rings. The predicted octanol–water partition coefficient (Wildman–Crippen LogP) is 6.48. The summed E-state index contributed by atoms with van der Waals surface area (Å²) in [5.74, 6) is 2.29. The first-order valence-electron chi connectivity index (χ1n) is 10.6. The number of para-hydroxylation sites is 1. The van der Waals surface area contributed by atoms with Crippen molar-refractivity contribution in [3.8, 4) is 5.75 Å². The second kappa shape index (κ2) is 8.17. The van der Waals surface area contributed by atoms with Crippen LogP contribution in [0.5, 0.6) is 5.75 Å². The molecule has 1 fully saturated rings. The van der Waals surface area contributed by atoms with Gasteiger partial charge in [0, 0.05) is 23.6 Å². The molecule has 2 aromatic carbocycles. The molecule has 0 unspecified atom stereocenters. The fourth-order valence-corrected chi connectivity index (χ4v) is 5.32. The molecule has 2 nitrogen and oxygen atoms in total. The molecule has 0 aliphatic carbocycles. The fourth-order valence-electron chi connectivity index (χ4n) is 4.58. The first-order chi connectivity index (χ1) is 14.3. The third-order valence-corrected chi connectivity index (χ3v) is 6.95. The molecular weight excluding hydrogens is 374 g/mol. The van der Waals surface area contributed by atoms with Gasteiger partial charge in [0.15, 0.2) is 0 Å². The van der Waals surface area contributed by atoms with Gasteiger partial charge in [0.2, 0.25) is 0 Å². The van der Waals surface area contributed by atoms with Crippen LogP contribution in [0.2, 0.25) is 0 Å². The van der Waals surface area contributed by atoms with Crippen molar-refractivity contribution < 1.29 is 4.74 Å². The molecule has 1 saturated heterocycles. The molecule has 0 bridgehead atoms. The molecule has 3 heteroatoms. The van der Waals surface area contributed by atoms with E-state index in [1.165, 1.54) is 59.5 Å². The topological polar surface area (TPSA) is 12.5 Å². The van der Waals surface area contributed by atoms with Crippen LogP contribution in [0.4, 0.5) is 0 Å². The van der Waals surface area contributed by atoms with E-state index in [0.717, 1.165) is 18.1 Å². The van der Waals surface area contributed by atoms with Crippen molar-refractivity contribution in [3.63, 3.8) is 0 Å². The van der Waals surface area contributed by atoms with E-state index in [9.17, 15) is 0 Å².